The van der Waals surface area contributed by atoms with E-state index in [9.17, 15) is 0 Å². The van der Waals surface area contributed by atoms with Gasteiger partial charge in [-0.2, -0.15) is 0 Å². The lowest BCUT2D eigenvalue weighted by atomic mass is 10.2. The first-order valence-corrected chi connectivity index (χ1v) is 8.35. The van der Waals surface area contributed by atoms with Gasteiger partial charge in [-0.3, -0.25) is 0 Å². The van der Waals surface area contributed by atoms with Crippen LogP contribution < -0.4 is 10.6 Å². The molecule has 1 aromatic heterocycles. The van der Waals surface area contributed by atoms with E-state index in [4.69, 9.17) is 12.2 Å². The number of rotatable bonds is 5. The third kappa shape index (κ3) is 6.40. The van der Waals surface area contributed by atoms with Gasteiger partial charge < -0.3 is 15.5 Å². The van der Waals surface area contributed by atoms with Crippen LogP contribution in [0.2, 0.25) is 0 Å². The van der Waals surface area contributed by atoms with Crippen molar-refractivity contribution in [2.45, 2.75) is 39.0 Å². The Kier molecular flexibility index (Phi) is 6.89. The number of aryl methyl sites for hydroxylation is 1. The maximum atomic E-state index is 5.28. The molecule has 0 aromatic carbocycles. The zero-order valence-electron chi connectivity index (χ0n) is 12.9. The average molecular weight is 306 g/mol. The third-order valence-electron chi connectivity index (χ3n) is 3.79. The summed E-state index contributed by atoms with van der Waals surface area (Å²) in [4.78, 5) is 6.86. The zero-order chi connectivity index (χ0) is 14.9. The number of nitrogens with zero attached hydrogens (tertiary/aromatic N) is 2. The van der Waals surface area contributed by atoms with E-state index >= 15 is 0 Å². The summed E-state index contributed by atoms with van der Waals surface area (Å²) in [7, 11) is 0. The number of likely N-dealkylation sites (tertiary alicyclic amines) is 1. The molecule has 0 amide bonds. The van der Waals surface area contributed by atoms with Gasteiger partial charge in [0.25, 0.3) is 0 Å². The van der Waals surface area contributed by atoms with Crippen LogP contribution in [0.4, 0.5) is 5.82 Å². The van der Waals surface area contributed by atoms with E-state index in [-0.39, 0.29) is 0 Å². The van der Waals surface area contributed by atoms with Gasteiger partial charge in [-0.1, -0.05) is 18.9 Å². The van der Waals surface area contributed by atoms with Crippen LogP contribution in [0.5, 0.6) is 0 Å². The van der Waals surface area contributed by atoms with Crippen molar-refractivity contribution < 1.29 is 0 Å². The highest BCUT2D eigenvalue weighted by molar-refractivity contribution is 7.80. The van der Waals surface area contributed by atoms with Crippen molar-refractivity contribution in [2.24, 2.45) is 0 Å². The molecule has 1 aromatic rings. The Morgan fingerprint density at radius 3 is 2.67 bits per heavy atom. The predicted octanol–water partition coefficient (Wildman–Crippen LogP) is 2.94. The van der Waals surface area contributed by atoms with Gasteiger partial charge in [-0.05, 0) is 69.7 Å². The van der Waals surface area contributed by atoms with Crippen molar-refractivity contribution in [1.29, 1.82) is 0 Å². The molecule has 0 atom stereocenters. The maximum absolute atomic E-state index is 5.28. The first kappa shape index (κ1) is 16.2. The minimum atomic E-state index is 0.655. The number of thiocarbonyl (C=S) groups is 1. The number of aromatic nitrogens is 1. The van der Waals surface area contributed by atoms with E-state index in [0.29, 0.717) is 5.11 Å². The summed E-state index contributed by atoms with van der Waals surface area (Å²) in [6.07, 6.45) is 8.46. The van der Waals surface area contributed by atoms with Crippen molar-refractivity contribution in [2.75, 3.05) is 31.5 Å². The quantitative estimate of drug-likeness (QED) is 0.646. The lowest BCUT2D eigenvalue weighted by Crippen LogP contribution is -2.33. The van der Waals surface area contributed by atoms with Gasteiger partial charge in [-0.25, -0.2) is 4.98 Å². The summed E-state index contributed by atoms with van der Waals surface area (Å²) >= 11 is 5.28. The molecule has 5 heteroatoms. The molecule has 1 saturated heterocycles. The van der Waals surface area contributed by atoms with Gasteiger partial charge in [0.15, 0.2) is 5.11 Å². The number of hydrogen-bond acceptors (Lipinski definition) is 3. The van der Waals surface area contributed by atoms with Crippen LogP contribution in [0, 0.1) is 6.92 Å². The van der Waals surface area contributed by atoms with Crippen molar-refractivity contribution in [3.8, 4) is 0 Å². The van der Waals surface area contributed by atoms with Crippen molar-refractivity contribution in [3.63, 3.8) is 0 Å². The fourth-order valence-electron chi connectivity index (χ4n) is 2.57. The molecular formula is C16H26N4S. The molecule has 4 nitrogen and oxygen atoms in total. The Hall–Kier alpha value is -1.20. The molecule has 2 heterocycles. The number of anilines is 1. The molecule has 0 aliphatic carbocycles. The summed E-state index contributed by atoms with van der Waals surface area (Å²) in [6, 6.07) is 3.97. The largest absolute Gasteiger partial charge is 0.362 e. The zero-order valence-corrected chi connectivity index (χ0v) is 13.7. The van der Waals surface area contributed by atoms with Crippen LogP contribution in [0.15, 0.2) is 18.3 Å². The Labute approximate surface area is 133 Å². The predicted molar refractivity (Wildman–Crippen MR) is 92.7 cm³/mol. The first-order valence-electron chi connectivity index (χ1n) is 7.94. The Bertz CT molecular complexity index is 424. The normalized spacial score (nSPS) is 16.2. The van der Waals surface area contributed by atoms with Gasteiger partial charge in [0, 0.05) is 12.7 Å². The molecule has 116 valence electrons. The molecule has 21 heavy (non-hydrogen) atoms. The van der Waals surface area contributed by atoms with Gasteiger partial charge >= 0.3 is 0 Å². The number of hydrogen-bond donors (Lipinski definition) is 2. The van der Waals surface area contributed by atoms with Crippen LogP contribution in [-0.2, 0) is 0 Å². The summed E-state index contributed by atoms with van der Waals surface area (Å²) in [5, 5.41) is 7.02. The Morgan fingerprint density at radius 1 is 1.24 bits per heavy atom. The molecule has 0 spiro atoms. The summed E-state index contributed by atoms with van der Waals surface area (Å²) in [6.45, 7) is 6.62. The average Bonchev–Trinajstić information content (AvgIpc) is 2.75. The molecule has 0 saturated carbocycles. The standard InChI is InChI=1S/C16H26N4S/c1-14-7-8-15(18-13-14)19-16(21)17-9-6-12-20-10-4-2-3-5-11-20/h7-8,13H,2-6,9-12H2,1H3,(H2,17,18,19,21). The Balaban J connectivity index is 1.59. The lowest BCUT2D eigenvalue weighted by molar-refractivity contribution is 0.282. The second-order valence-electron chi connectivity index (χ2n) is 5.71. The second-order valence-corrected chi connectivity index (χ2v) is 6.12. The van der Waals surface area contributed by atoms with Gasteiger partial charge in [-0.15, -0.1) is 0 Å². The van der Waals surface area contributed by atoms with Crippen molar-refractivity contribution >= 4 is 23.1 Å². The molecule has 0 bridgehead atoms. The molecule has 0 unspecified atom stereocenters. The fraction of sp³-hybridized carbons (Fsp3) is 0.625. The fourth-order valence-corrected chi connectivity index (χ4v) is 2.77. The van der Waals surface area contributed by atoms with E-state index in [1.54, 1.807) is 0 Å². The first-order chi connectivity index (χ1) is 10.2. The summed E-state index contributed by atoms with van der Waals surface area (Å²) in [5.74, 6) is 0.797. The molecule has 0 radical (unpaired) electrons. The van der Waals surface area contributed by atoms with E-state index < -0.39 is 0 Å². The minimum absolute atomic E-state index is 0.655. The summed E-state index contributed by atoms with van der Waals surface area (Å²) in [5.41, 5.74) is 1.15. The smallest absolute Gasteiger partial charge is 0.171 e. The number of nitrogens with one attached hydrogen (secondary N) is 2. The molecule has 1 aliphatic heterocycles. The molecule has 2 rings (SSSR count). The van der Waals surface area contributed by atoms with Gasteiger partial charge in [0.1, 0.15) is 5.82 Å². The van der Waals surface area contributed by atoms with Crippen molar-refractivity contribution in [3.05, 3.63) is 23.9 Å². The molecule has 2 N–H and O–H groups in total. The van der Waals surface area contributed by atoms with Crippen LogP contribution in [-0.4, -0.2) is 41.2 Å². The maximum Gasteiger partial charge on any atom is 0.171 e. The summed E-state index contributed by atoms with van der Waals surface area (Å²) < 4.78 is 0. The highest BCUT2D eigenvalue weighted by atomic mass is 32.1. The van der Waals surface area contributed by atoms with Gasteiger partial charge in [0.2, 0.25) is 0 Å². The minimum Gasteiger partial charge on any atom is -0.362 e. The monoisotopic (exact) mass is 306 g/mol. The van der Waals surface area contributed by atoms with E-state index in [0.717, 1.165) is 24.3 Å². The third-order valence-corrected chi connectivity index (χ3v) is 4.03. The van der Waals surface area contributed by atoms with Crippen LogP contribution in [0.25, 0.3) is 0 Å². The van der Waals surface area contributed by atoms with Crippen LogP contribution in [0.1, 0.15) is 37.7 Å². The Morgan fingerprint density at radius 2 is 2.00 bits per heavy atom. The van der Waals surface area contributed by atoms with Crippen molar-refractivity contribution in [1.82, 2.24) is 15.2 Å². The lowest BCUT2D eigenvalue weighted by Gasteiger charge is -2.19. The van der Waals surface area contributed by atoms with E-state index in [1.807, 2.05) is 25.3 Å². The highest BCUT2D eigenvalue weighted by Crippen LogP contribution is 2.09. The van der Waals surface area contributed by atoms with E-state index in [2.05, 4.69) is 20.5 Å². The van der Waals surface area contributed by atoms with Gasteiger partial charge in [0.05, 0.1) is 0 Å². The molecule has 1 aliphatic rings. The molecule has 1 fully saturated rings. The van der Waals surface area contributed by atoms with E-state index in [1.165, 1.54) is 45.3 Å². The topological polar surface area (TPSA) is 40.2 Å². The second kappa shape index (κ2) is 8.95. The SMILES string of the molecule is Cc1ccc(NC(=S)NCCCN2CCCCCC2)nc1. The number of pyridine rings is 1. The molecular weight excluding hydrogens is 280 g/mol. The van der Waals surface area contributed by atoms with Crippen LogP contribution >= 0.6 is 12.2 Å². The van der Waals surface area contributed by atoms with Crippen LogP contribution in [0.3, 0.4) is 0 Å². The highest BCUT2D eigenvalue weighted by Gasteiger charge is 2.08.